The highest BCUT2D eigenvalue weighted by atomic mass is 127. The Morgan fingerprint density at radius 1 is 1.23 bits per heavy atom. The molecule has 172 valence electrons. The predicted octanol–water partition coefficient (Wildman–Crippen LogP) is 3.35. The van der Waals surface area contributed by atoms with Crippen LogP contribution in [0.25, 0.3) is 0 Å². The van der Waals surface area contributed by atoms with Crippen LogP contribution in [0.1, 0.15) is 31.7 Å². The van der Waals surface area contributed by atoms with Crippen LogP contribution in [0.2, 0.25) is 0 Å². The zero-order valence-electron chi connectivity index (χ0n) is 17.2. The van der Waals surface area contributed by atoms with Crippen LogP contribution in [0.5, 0.6) is 0 Å². The Balaban J connectivity index is 0.00000450. The molecule has 0 aromatic heterocycles. The Kier molecular flexibility index (Phi) is 10.9. The molecule has 11 heteroatoms. The summed E-state index contributed by atoms with van der Waals surface area (Å²) in [5.41, 5.74) is -3.97. The Labute approximate surface area is 193 Å². The van der Waals surface area contributed by atoms with Crippen molar-refractivity contribution in [2.45, 2.75) is 44.2 Å². The van der Waals surface area contributed by atoms with Gasteiger partial charge in [-0.05, 0) is 44.1 Å². The van der Waals surface area contributed by atoms with Crippen molar-refractivity contribution in [3.8, 4) is 0 Å². The third-order valence-electron chi connectivity index (χ3n) is 5.08. The minimum atomic E-state index is -5.24. The van der Waals surface area contributed by atoms with Crippen LogP contribution in [0.15, 0.2) is 35.3 Å². The largest absolute Gasteiger partial charge is 0.511 e. The van der Waals surface area contributed by atoms with Crippen LogP contribution >= 0.6 is 24.0 Å². The average molecular weight is 562 g/mol. The quantitative estimate of drug-likeness (QED) is 0.304. The fourth-order valence-corrected chi connectivity index (χ4v) is 4.25. The highest BCUT2D eigenvalue weighted by Crippen LogP contribution is 2.30. The molecule has 2 rings (SSSR count). The Bertz CT molecular complexity index is 768. The number of benzene rings is 1. The van der Waals surface area contributed by atoms with Gasteiger partial charge in [-0.3, -0.25) is 4.99 Å². The van der Waals surface area contributed by atoms with Crippen molar-refractivity contribution in [1.29, 1.82) is 0 Å². The minimum absolute atomic E-state index is 0. The molecule has 1 aliphatic heterocycles. The molecular weight excluding hydrogens is 532 g/mol. The number of piperidine rings is 1. The fourth-order valence-electron chi connectivity index (χ4n) is 3.27. The molecule has 1 heterocycles. The van der Waals surface area contributed by atoms with Gasteiger partial charge in [0, 0.05) is 32.7 Å². The summed E-state index contributed by atoms with van der Waals surface area (Å²) in [5, 5.41) is 6.51. The van der Waals surface area contributed by atoms with E-state index < -0.39 is 15.5 Å². The van der Waals surface area contributed by atoms with Gasteiger partial charge in [0.1, 0.15) is 0 Å². The number of guanidine groups is 1. The third-order valence-corrected chi connectivity index (χ3v) is 6.71. The average Bonchev–Trinajstić information content (AvgIpc) is 2.69. The monoisotopic (exact) mass is 562 g/mol. The maximum absolute atomic E-state index is 12.6. The second-order valence-corrected chi connectivity index (χ2v) is 9.25. The number of nitrogens with one attached hydrogen (secondary N) is 2. The molecule has 30 heavy (non-hydrogen) atoms. The smallest absolute Gasteiger partial charge is 0.356 e. The zero-order chi connectivity index (χ0) is 21.5. The summed E-state index contributed by atoms with van der Waals surface area (Å²) < 4.78 is 61.4. The lowest BCUT2D eigenvalue weighted by atomic mass is 9.98. The molecule has 1 aliphatic rings. The lowest BCUT2D eigenvalue weighted by molar-refractivity contribution is -0.0496. The van der Waals surface area contributed by atoms with Crippen LogP contribution in [-0.4, -0.2) is 56.9 Å². The lowest BCUT2D eigenvalue weighted by Gasteiger charge is -2.32. The highest BCUT2D eigenvalue weighted by Gasteiger charge is 2.50. The molecule has 0 spiro atoms. The molecule has 0 aliphatic carbocycles. The standard InChI is InChI=1S/C19H29F3N4O2S.HI/c1-15(8-9-16-6-4-3-5-7-16)25-18(23-2)24-14-17-10-12-26(13-11-17)29(27,28)19(20,21)22;/h3-7,15,17H,8-14H2,1-2H3,(H2,23,24,25);1H. The van der Waals surface area contributed by atoms with Gasteiger partial charge in [0.05, 0.1) is 0 Å². The first-order chi connectivity index (χ1) is 13.6. The fraction of sp³-hybridized carbons (Fsp3) is 0.632. The number of aryl methyl sites for hydroxylation is 1. The van der Waals surface area contributed by atoms with Crippen molar-refractivity contribution < 1.29 is 21.6 Å². The molecule has 0 bridgehead atoms. The van der Waals surface area contributed by atoms with E-state index in [9.17, 15) is 21.6 Å². The molecule has 0 saturated carbocycles. The molecule has 2 N–H and O–H groups in total. The SMILES string of the molecule is CN=C(NCC1CCN(S(=O)(=O)C(F)(F)F)CC1)NC(C)CCc1ccccc1.I. The molecule has 1 fully saturated rings. The molecule has 6 nitrogen and oxygen atoms in total. The van der Waals surface area contributed by atoms with Crippen molar-refractivity contribution in [1.82, 2.24) is 14.9 Å². The maximum Gasteiger partial charge on any atom is 0.511 e. The van der Waals surface area contributed by atoms with Gasteiger partial charge in [0.2, 0.25) is 0 Å². The number of alkyl halides is 3. The van der Waals surface area contributed by atoms with Crippen LogP contribution in [0.3, 0.4) is 0 Å². The van der Waals surface area contributed by atoms with Crippen LogP contribution in [0, 0.1) is 5.92 Å². The Morgan fingerprint density at radius 3 is 2.37 bits per heavy atom. The van der Waals surface area contributed by atoms with Crippen LogP contribution in [-0.2, 0) is 16.4 Å². The van der Waals surface area contributed by atoms with E-state index in [4.69, 9.17) is 0 Å². The molecule has 1 aromatic carbocycles. The summed E-state index contributed by atoms with van der Waals surface area (Å²) in [6, 6.07) is 10.4. The van der Waals surface area contributed by atoms with Crippen molar-refractivity contribution >= 4 is 40.0 Å². The molecule has 0 radical (unpaired) electrons. The molecule has 1 unspecified atom stereocenters. The number of sulfonamides is 1. The van der Waals surface area contributed by atoms with Crippen molar-refractivity contribution in [2.24, 2.45) is 10.9 Å². The van der Waals surface area contributed by atoms with E-state index in [1.54, 1.807) is 7.05 Å². The van der Waals surface area contributed by atoms with E-state index in [0.717, 1.165) is 12.8 Å². The molecule has 0 amide bonds. The van der Waals surface area contributed by atoms with Crippen molar-refractivity contribution in [3.63, 3.8) is 0 Å². The van der Waals surface area contributed by atoms with Gasteiger partial charge in [-0.15, -0.1) is 24.0 Å². The maximum atomic E-state index is 12.6. The van der Waals surface area contributed by atoms with E-state index in [1.807, 2.05) is 18.2 Å². The van der Waals surface area contributed by atoms with E-state index in [0.29, 0.717) is 29.7 Å². The zero-order valence-corrected chi connectivity index (χ0v) is 20.3. The summed E-state index contributed by atoms with van der Waals surface area (Å²) in [5.74, 6) is 0.726. The second kappa shape index (κ2) is 12.1. The van der Waals surface area contributed by atoms with E-state index in [2.05, 4.69) is 34.7 Å². The first-order valence-corrected chi connectivity index (χ1v) is 11.1. The van der Waals surface area contributed by atoms with Gasteiger partial charge in [0.25, 0.3) is 0 Å². The van der Waals surface area contributed by atoms with Crippen molar-refractivity contribution in [2.75, 3.05) is 26.7 Å². The molecule has 1 aromatic rings. The summed E-state index contributed by atoms with van der Waals surface area (Å²) in [6.45, 7) is 2.36. The van der Waals surface area contributed by atoms with Gasteiger partial charge in [-0.2, -0.15) is 17.5 Å². The van der Waals surface area contributed by atoms with Gasteiger partial charge < -0.3 is 10.6 Å². The van der Waals surface area contributed by atoms with Gasteiger partial charge in [0.15, 0.2) is 5.96 Å². The molecular formula is C19H30F3IN4O2S. The molecule has 1 saturated heterocycles. The Morgan fingerprint density at radius 2 is 1.83 bits per heavy atom. The van der Waals surface area contributed by atoms with Crippen LogP contribution in [0.4, 0.5) is 13.2 Å². The summed E-state index contributed by atoms with van der Waals surface area (Å²) in [6.07, 6.45) is 2.63. The lowest BCUT2D eigenvalue weighted by Crippen LogP contribution is -2.48. The minimum Gasteiger partial charge on any atom is -0.356 e. The second-order valence-electron chi connectivity index (χ2n) is 7.32. The van der Waals surface area contributed by atoms with Gasteiger partial charge in [-0.1, -0.05) is 30.3 Å². The van der Waals surface area contributed by atoms with E-state index >= 15 is 0 Å². The van der Waals surface area contributed by atoms with Crippen molar-refractivity contribution in [3.05, 3.63) is 35.9 Å². The topological polar surface area (TPSA) is 73.8 Å². The number of nitrogens with zero attached hydrogens (tertiary/aromatic N) is 2. The summed E-state index contributed by atoms with van der Waals surface area (Å²) >= 11 is 0. The van der Waals surface area contributed by atoms with E-state index in [-0.39, 0.29) is 49.0 Å². The number of rotatable bonds is 7. The third kappa shape index (κ3) is 7.88. The molecule has 1 atom stereocenters. The predicted molar refractivity (Wildman–Crippen MR) is 123 cm³/mol. The normalized spacial score (nSPS) is 17.8. The number of halogens is 4. The first kappa shape index (κ1) is 27.0. The van der Waals surface area contributed by atoms with Gasteiger partial charge in [-0.25, -0.2) is 8.42 Å². The number of aliphatic imine (C=N–C) groups is 1. The van der Waals surface area contributed by atoms with Crippen LogP contribution < -0.4 is 10.6 Å². The first-order valence-electron chi connectivity index (χ1n) is 9.71. The Hall–Kier alpha value is -1.08. The number of hydrogen-bond donors (Lipinski definition) is 2. The summed E-state index contributed by atoms with van der Waals surface area (Å²) in [7, 11) is -3.56. The number of hydrogen-bond acceptors (Lipinski definition) is 3. The highest BCUT2D eigenvalue weighted by molar-refractivity contribution is 14.0. The van der Waals surface area contributed by atoms with E-state index in [1.165, 1.54) is 5.56 Å². The van der Waals surface area contributed by atoms with Gasteiger partial charge >= 0.3 is 15.5 Å². The summed E-state index contributed by atoms with van der Waals surface area (Å²) in [4.78, 5) is 4.19.